The molecule has 3 amide bonds. The third kappa shape index (κ3) is 6.48. The van der Waals surface area contributed by atoms with Crippen molar-refractivity contribution in [3.05, 3.63) is 29.7 Å². The second-order valence-corrected chi connectivity index (χ2v) is 11.2. The van der Waals surface area contributed by atoms with Gasteiger partial charge in [0.15, 0.2) is 0 Å². The number of imide groups is 1. The predicted molar refractivity (Wildman–Crippen MR) is 134 cm³/mol. The fraction of sp³-hybridized carbons (Fsp3) is 0.615. The summed E-state index contributed by atoms with van der Waals surface area (Å²) in [6.45, 7) is 6.83. The van der Waals surface area contributed by atoms with E-state index in [1.165, 1.54) is 4.90 Å². The molecule has 0 unspecified atom stereocenters. The van der Waals surface area contributed by atoms with Crippen molar-refractivity contribution < 1.29 is 49.9 Å². The number of benzene rings is 1. The van der Waals surface area contributed by atoms with Gasteiger partial charge in [-0.1, -0.05) is 5.16 Å². The molecule has 232 valence electrons. The first-order valence-electron chi connectivity index (χ1n) is 13.1. The lowest BCUT2D eigenvalue weighted by molar-refractivity contribution is -0.219. The fourth-order valence-corrected chi connectivity index (χ4v) is 4.43. The van der Waals surface area contributed by atoms with E-state index in [2.05, 4.69) is 15.0 Å². The zero-order valence-corrected chi connectivity index (χ0v) is 23.4. The number of morpholine rings is 1. The van der Waals surface area contributed by atoms with E-state index in [1.807, 2.05) is 0 Å². The van der Waals surface area contributed by atoms with Crippen molar-refractivity contribution in [3.8, 4) is 17.1 Å². The average molecular weight is 608 g/mol. The summed E-state index contributed by atoms with van der Waals surface area (Å²) < 4.78 is 96.2. The zero-order chi connectivity index (χ0) is 31.1. The Morgan fingerprint density at radius 3 is 2.31 bits per heavy atom. The summed E-state index contributed by atoms with van der Waals surface area (Å²) in [7, 11) is 0. The molecular weight excluding hydrogens is 576 g/mol. The van der Waals surface area contributed by atoms with Crippen LogP contribution in [0.25, 0.3) is 11.4 Å². The maximum Gasteiger partial charge on any atom is 0.419 e. The van der Waals surface area contributed by atoms with Gasteiger partial charge >= 0.3 is 18.4 Å². The second-order valence-electron chi connectivity index (χ2n) is 11.2. The van der Waals surface area contributed by atoms with Gasteiger partial charge in [0, 0.05) is 31.7 Å². The molecule has 0 N–H and O–H groups in total. The third-order valence-electron chi connectivity index (χ3n) is 7.31. The summed E-state index contributed by atoms with van der Waals surface area (Å²) in [6, 6.07) is 2.08. The molecule has 0 radical (unpaired) electrons. The lowest BCUT2D eigenvalue weighted by atomic mass is 9.94. The molecule has 10 nitrogen and oxygen atoms in total. The number of carbonyl (C=O) groups is 2. The topological polar surface area (TPSA) is 101 Å². The van der Waals surface area contributed by atoms with Gasteiger partial charge in [-0.3, -0.25) is 14.6 Å². The largest absolute Gasteiger partial charge is 0.492 e. The van der Waals surface area contributed by atoms with Gasteiger partial charge in [-0.05, 0) is 45.9 Å². The van der Waals surface area contributed by atoms with E-state index in [1.54, 1.807) is 13.8 Å². The monoisotopic (exact) mass is 607 g/mol. The maximum absolute atomic E-state index is 13.8. The first kappa shape index (κ1) is 31.5. The number of nitrogens with zero attached hydrogens (tertiary/aromatic N) is 5. The molecule has 0 bridgehead atoms. The van der Waals surface area contributed by atoms with Crippen LogP contribution in [0.2, 0.25) is 0 Å². The van der Waals surface area contributed by atoms with E-state index < -0.39 is 59.7 Å². The number of urea groups is 1. The Morgan fingerprint density at radius 2 is 1.69 bits per heavy atom. The highest BCUT2D eigenvalue weighted by atomic mass is 19.4. The minimum Gasteiger partial charge on any atom is -0.492 e. The van der Waals surface area contributed by atoms with Crippen LogP contribution in [0.1, 0.15) is 39.1 Å². The number of alkyl halides is 6. The van der Waals surface area contributed by atoms with Crippen molar-refractivity contribution in [3.63, 3.8) is 0 Å². The number of halogens is 6. The third-order valence-corrected chi connectivity index (χ3v) is 7.31. The van der Waals surface area contributed by atoms with Gasteiger partial charge in [-0.25, -0.2) is 4.79 Å². The molecule has 1 aromatic carbocycles. The van der Waals surface area contributed by atoms with Gasteiger partial charge in [0.2, 0.25) is 11.7 Å². The Hall–Kier alpha value is -3.40. The van der Waals surface area contributed by atoms with E-state index in [-0.39, 0.29) is 23.8 Å². The van der Waals surface area contributed by atoms with Crippen LogP contribution in [0.15, 0.2) is 22.7 Å². The molecule has 4 rings (SSSR count). The number of hydrogen-bond acceptors (Lipinski definition) is 8. The summed E-state index contributed by atoms with van der Waals surface area (Å²) in [6.07, 6.45) is -9.66. The van der Waals surface area contributed by atoms with Crippen LogP contribution in [0.3, 0.4) is 0 Å². The molecule has 2 aromatic rings. The van der Waals surface area contributed by atoms with E-state index >= 15 is 0 Å². The molecule has 3 heterocycles. The summed E-state index contributed by atoms with van der Waals surface area (Å²) >= 11 is 0. The quantitative estimate of drug-likeness (QED) is 0.301. The smallest absolute Gasteiger partial charge is 0.419 e. The number of carbonyl (C=O) groups excluding carboxylic acids is 2. The number of hydrogen-bond donors (Lipinski definition) is 0. The molecule has 0 aliphatic carbocycles. The lowest BCUT2D eigenvalue weighted by Gasteiger charge is -2.32. The Labute approximate surface area is 237 Å². The first-order valence-corrected chi connectivity index (χ1v) is 13.1. The van der Waals surface area contributed by atoms with E-state index in [0.29, 0.717) is 38.9 Å². The summed E-state index contributed by atoms with van der Waals surface area (Å²) in [5.41, 5.74) is -5.03. The molecule has 2 fully saturated rings. The van der Waals surface area contributed by atoms with Crippen molar-refractivity contribution >= 4 is 11.9 Å². The summed E-state index contributed by atoms with van der Waals surface area (Å²) in [4.78, 5) is 34.8. The molecular formula is C26H31F6N5O5. The van der Waals surface area contributed by atoms with Gasteiger partial charge in [0.25, 0.3) is 5.91 Å². The number of rotatable bonds is 9. The Morgan fingerprint density at radius 1 is 1.02 bits per heavy atom. The molecule has 2 saturated heterocycles. The standard InChI is InChI=1S/C26H31F6N5O5/c1-23(2,26(30,31)32)15-41-18-6-5-16(13-17(18)25(27,28)29)20-33-19(42-34-20)14-36-21(38)24(3,4)37(22(36)39)8-7-35-9-11-40-12-10-35/h5-6,13H,7-12,14-15H2,1-4H3. The van der Waals surface area contributed by atoms with Crippen molar-refractivity contribution in [1.82, 2.24) is 24.8 Å². The Kier molecular flexibility index (Phi) is 8.53. The molecule has 2 aliphatic rings. The van der Waals surface area contributed by atoms with Crippen LogP contribution in [0.4, 0.5) is 31.1 Å². The highest BCUT2D eigenvalue weighted by Gasteiger charge is 2.51. The van der Waals surface area contributed by atoms with Crippen LogP contribution in [0.5, 0.6) is 5.75 Å². The van der Waals surface area contributed by atoms with Crippen molar-refractivity contribution in [2.24, 2.45) is 5.41 Å². The Bertz CT molecular complexity index is 1300. The van der Waals surface area contributed by atoms with E-state index in [9.17, 15) is 35.9 Å². The van der Waals surface area contributed by atoms with E-state index in [0.717, 1.165) is 30.9 Å². The van der Waals surface area contributed by atoms with Gasteiger partial charge in [-0.15, -0.1) is 0 Å². The van der Waals surface area contributed by atoms with Gasteiger partial charge < -0.3 is 18.9 Å². The summed E-state index contributed by atoms with van der Waals surface area (Å²) in [5, 5.41) is 3.68. The molecule has 16 heteroatoms. The Balaban J connectivity index is 1.49. The zero-order valence-electron chi connectivity index (χ0n) is 23.4. The van der Waals surface area contributed by atoms with E-state index in [4.69, 9.17) is 14.0 Å². The van der Waals surface area contributed by atoms with Crippen LogP contribution in [0, 0.1) is 5.41 Å². The number of ether oxygens (including phenoxy) is 2. The number of amides is 3. The molecule has 0 saturated carbocycles. The second kappa shape index (κ2) is 11.4. The van der Waals surface area contributed by atoms with Gasteiger partial charge in [0.1, 0.15) is 24.4 Å². The van der Waals surface area contributed by atoms with Crippen LogP contribution in [-0.4, -0.2) is 94.5 Å². The normalized spacial score (nSPS) is 18.7. The highest BCUT2D eigenvalue weighted by Crippen LogP contribution is 2.41. The van der Waals surface area contributed by atoms with Crippen LogP contribution in [-0.2, 0) is 22.3 Å². The molecule has 1 aromatic heterocycles. The SMILES string of the molecule is CC1(C)C(=O)N(Cc2nc(-c3ccc(OCC(C)(C)C(F)(F)F)c(C(F)(F)F)c3)no2)C(=O)N1CCN1CCOCC1. The first-order chi connectivity index (χ1) is 19.4. The molecule has 2 aliphatic heterocycles. The van der Waals surface area contributed by atoms with Crippen LogP contribution < -0.4 is 4.74 Å². The van der Waals surface area contributed by atoms with Crippen molar-refractivity contribution in [2.75, 3.05) is 46.0 Å². The van der Waals surface area contributed by atoms with Crippen molar-refractivity contribution in [1.29, 1.82) is 0 Å². The molecule has 42 heavy (non-hydrogen) atoms. The summed E-state index contributed by atoms with van der Waals surface area (Å²) in [5.74, 6) is -1.77. The fourth-order valence-electron chi connectivity index (χ4n) is 4.43. The highest BCUT2D eigenvalue weighted by molar-refractivity contribution is 6.06. The van der Waals surface area contributed by atoms with Crippen LogP contribution >= 0.6 is 0 Å². The average Bonchev–Trinajstić information content (AvgIpc) is 3.43. The minimum absolute atomic E-state index is 0.161. The molecule has 0 spiro atoms. The van der Waals surface area contributed by atoms with Crippen molar-refractivity contribution in [2.45, 2.75) is 52.1 Å². The molecule has 0 atom stereocenters. The van der Waals surface area contributed by atoms with Gasteiger partial charge in [0.05, 0.1) is 24.2 Å². The minimum atomic E-state index is -4.97. The number of aromatic nitrogens is 2. The predicted octanol–water partition coefficient (Wildman–Crippen LogP) is 4.60. The van der Waals surface area contributed by atoms with Gasteiger partial charge in [-0.2, -0.15) is 31.3 Å². The maximum atomic E-state index is 13.8. The lowest BCUT2D eigenvalue weighted by Crippen LogP contribution is -2.48.